The van der Waals surface area contributed by atoms with E-state index in [1.165, 1.54) is 0 Å². The van der Waals surface area contributed by atoms with Crippen molar-refractivity contribution in [3.63, 3.8) is 0 Å². The fraction of sp³-hybridized carbons (Fsp3) is 0.350. The molecule has 0 saturated carbocycles. The number of halogens is 1. The predicted octanol–water partition coefficient (Wildman–Crippen LogP) is 4.19. The lowest BCUT2D eigenvalue weighted by Crippen LogP contribution is -2.46. The first kappa shape index (κ1) is 20.4. The molecule has 0 N–H and O–H groups in total. The van der Waals surface area contributed by atoms with Gasteiger partial charge in [0.05, 0.1) is 33.5 Å². The molecule has 6 nitrogen and oxygen atoms in total. The first-order chi connectivity index (χ1) is 13.9. The number of aromatic nitrogens is 1. The summed E-state index contributed by atoms with van der Waals surface area (Å²) in [6, 6.07) is 12.8. The summed E-state index contributed by atoms with van der Waals surface area (Å²) in [6.07, 6.45) is 0. The Morgan fingerprint density at radius 2 is 1.83 bits per heavy atom. The van der Waals surface area contributed by atoms with Crippen molar-refractivity contribution in [1.82, 2.24) is 9.47 Å². The minimum atomic E-state index is -3.29. The van der Waals surface area contributed by atoms with Crippen molar-refractivity contribution in [2.75, 3.05) is 36.8 Å². The van der Waals surface area contributed by atoms with Gasteiger partial charge < -0.3 is 9.32 Å². The highest BCUT2D eigenvalue weighted by atomic mass is 35.5. The maximum atomic E-state index is 12.3. The molecule has 1 saturated heterocycles. The molecule has 1 aliphatic rings. The van der Waals surface area contributed by atoms with Gasteiger partial charge in [0.15, 0.2) is 15.4 Å². The Kier molecular flexibility index (Phi) is 5.70. The summed E-state index contributed by atoms with van der Waals surface area (Å²) in [7, 11) is -3.29. The molecule has 0 spiro atoms. The molecule has 0 bridgehead atoms. The molecular weight excluding hydrogens is 430 g/mol. The number of nitrogens with zero attached hydrogens (tertiary/aromatic N) is 3. The van der Waals surface area contributed by atoms with Gasteiger partial charge in [-0.25, -0.2) is 8.42 Å². The van der Waals surface area contributed by atoms with Crippen LogP contribution in [0.5, 0.6) is 0 Å². The van der Waals surface area contributed by atoms with Crippen LogP contribution in [0.15, 0.2) is 51.8 Å². The van der Waals surface area contributed by atoms with Crippen LogP contribution in [0.4, 0.5) is 5.69 Å². The number of fused-ring (bicyclic) bond motifs is 1. The first-order valence-electron chi connectivity index (χ1n) is 9.47. The molecule has 0 aliphatic carbocycles. The Morgan fingerprint density at radius 3 is 2.52 bits per heavy atom. The van der Waals surface area contributed by atoms with Gasteiger partial charge in [0.25, 0.3) is 4.84 Å². The van der Waals surface area contributed by atoms with E-state index in [1.807, 2.05) is 28.8 Å². The molecule has 9 heteroatoms. The molecule has 2 heterocycles. The summed E-state index contributed by atoms with van der Waals surface area (Å²) in [4.78, 5) is 5.19. The monoisotopic (exact) mass is 451 g/mol. The number of piperazine rings is 1. The van der Waals surface area contributed by atoms with E-state index in [9.17, 15) is 8.42 Å². The van der Waals surface area contributed by atoms with E-state index in [-0.39, 0.29) is 5.75 Å². The van der Waals surface area contributed by atoms with Gasteiger partial charge >= 0.3 is 0 Å². The second kappa shape index (κ2) is 8.10. The number of oxazole rings is 1. The highest BCUT2D eigenvalue weighted by molar-refractivity contribution is 7.91. The lowest BCUT2D eigenvalue weighted by molar-refractivity contribution is 0.204. The molecule has 1 aliphatic heterocycles. The molecule has 2 aromatic carbocycles. The number of anilines is 1. The Balaban J connectivity index is 1.54. The van der Waals surface area contributed by atoms with E-state index >= 15 is 0 Å². The summed E-state index contributed by atoms with van der Waals surface area (Å²) in [5.41, 5.74) is 2.35. The van der Waals surface area contributed by atoms with Crippen LogP contribution in [-0.4, -0.2) is 49.8 Å². The van der Waals surface area contributed by atoms with Gasteiger partial charge in [0, 0.05) is 26.2 Å². The number of sulfone groups is 1. The van der Waals surface area contributed by atoms with Crippen molar-refractivity contribution in [2.45, 2.75) is 18.5 Å². The van der Waals surface area contributed by atoms with Crippen molar-refractivity contribution in [3.05, 3.63) is 52.3 Å². The Hall–Kier alpha value is -1.87. The zero-order valence-electron chi connectivity index (χ0n) is 16.0. The van der Waals surface area contributed by atoms with Crippen LogP contribution in [0.25, 0.3) is 11.1 Å². The predicted molar refractivity (Wildman–Crippen MR) is 118 cm³/mol. The first-order valence-corrected chi connectivity index (χ1v) is 11.9. The fourth-order valence-corrected chi connectivity index (χ4v) is 4.98. The third-order valence-corrected chi connectivity index (χ3v) is 7.64. The minimum absolute atomic E-state index is 0.0566. The second-order valence-corrected chi connectivity index (χ2v) is 10.1. The molecule has 0 amide bonds. The number of para-hydroxylation sites is 1. The number of hydrogen-bond donors (Lipinski definition) is 0. The maximum absolute atomic E-state index is 12.3. The van der Waals surface area contributed by atoms with E-state index in [4.69, 9.17) is 28.2 Å². The molecule has 0 unspecified atom stereocenters. The lowest BCUT2D eigenvalue weighted by atomic mass is 10.2. The number of benzene rings is 2. The van der Waals surface area contributed by atoms with Crippen molar-refractivity contribution < 1.29 is 12.8 Å². The van der Waals surface area contributed by atoms with Crippen LogP contribution in [0.2, 0.25) is 5.02 Å². The summed E-state index contributed by atoms with van der Waals surface area (Å²) in [5, 5.41) is 0.758. The normalized spacial score (nSPS) is 15.9. The average molecular weight is 452 g/mol. The number of rotatable bonds is 5. The van der Waals surface area contributed by atoms with Crippen molar-refractivity contribution >= 4 is 50.4 Å². The third-order valence-electron chi connectivity index (χ3n) is 5.28. The van der Waals surface area contributed by atoms with Gasteiger partial charge in [-0.1, -0.05) is 30.7 Å². The molecule has 154 valence electrons. The summed E-state index contributed by atoms with van der Waals surface area (Å²) in [5.74, 6) is 0.0566. The van der Waals surface area contributed by atoms with Crippen molar-refractivity contribution in [1.29, 1.82) is 0 Å². The molecule has 1 aromatic heterocycles. The highest BCUT2D eigenvalue weighted by Gasteiger charge is 2.21. The molecule has 0 atom stereocenters. The molecule has 4 rings (SSSR count). The highest BCUT2D eigenvalue weighted by Crippen LogP contribution is 2.27. The van der Waals surface area contributed by atoms with Gasteiger partial charge in [0.1, 0.15) is 0 Å². The summed E-state index contributed by atoms with van der Waals surface area (Å²) >= 11 is 11.7. The molecule has 3 aromatic rings. The van der Waals surface area contributed by atoms with E-state index in [0.717, 1.165) is 36.9 Å². The molecular formula is C20H22ClN3O3S2. The van der Waals surface area contributed by atoms with Crippen LogP contribution < -0.4 is 4.90 Å². The Morgan fingerprint density at radius 1 is 1.10 bits per heavy atom. The van der Waals surface area contributed by atoms with Gasteiger partial charge in [-0.05, 0) is 42.5 Å². The number of hydrogen-bond acceptors (Lipinski definition) is 6. The SMILES string of the molecule is CCS(=O)(=O)c1ccc2oc(=S)n(CN3CCN(c4ccccc4Cl)CC3)c2c1. The summed E-state index contributed by atoms with van der Waals surface area (Å²) < 4.78 is 32.1. The topological polar surface area (TPSA) is 58.7 Å². The molecule has 0 radical (unpaired) electrons. The van der Waals surface area contributed by atoms with E-state index in [0.29, 0.717) is 27.5 Å². The second-order valence-electron chi connectivity index (χ2n) is 7.03. The fourth-order valence-electron chi connectivity index (χ4n) is 3.57. The van der Waals surface area contributed by atoms with E-state index in [1.54, 1.807) is 25.1 Å². The van der Waals surface area contributed by atoms with Crippen molar-refractivity contribution in [3.8, 4) is 0 Å². The van der Waals surface area contributed by atoms with Gasteiger partial charge in [0.2, 0.25) is 0 Å². The van der Waals surface area contributed by atoms with Crippen LogP contribution in [-0.2, 0) is 16.5 Å². The van der Waals surface area contributed by atoms with Crippen LogP contribution in [0.1, 0.15) is 6.92 Å². The molecule has 1 fully saturated rings. The zero-order valence-corrected chi connectivity index (χ0v) is 18.4. The molecule has 29 heavy (non-hydrogen) atoms. The van der Waals surface area contributed by atoms with Crippen LogP contribution in [0, 0.1) is 4.84 Å². The van der Waals surface area contributed by atoms with Crippen LogP contribution >= 0.6 is 23.8 Å². The minimum Gasteiger partial charge on any atom is -0.429 e. The van der Waals surface area contributed by atoms with Gasteiger partial charge in [-0.15, -0.1) is 0 Å². The standard InChI is InChI=1S/C20H22ClN3O3S2/c1-2-29(25,26)15-7-8-19-18(13-15)24(20(28)27-19)14-22-9-11-23(12-10-22)17-6-4-3-5-16(17)21/h3-8,13H,2,9-12,14H2,1H3. The van der Waals surface area contributed by atoms with Gasteiger partial charge in [-0.3, -0.25) is 9.47 Å². The van der Waals surface area contributed by atoms with E-state index < -0.39 is 9.84 Å². The van der Waals surface area contributed by atoms with Crippen molar-refractivity contribution in [2.24, 2.45) is 0 Å². The largest absolute Gasteiger partial charge is 0.429 e. The average Bonchev–Trinajstić information content (AvgIpc) is 3.03. The smallest absolute Gasteiger partial charge is 0.270 e. The quantitative estimate of drug-likeness (QED) is 0.542. The Labute approximate surface area is 180 Å². The van der Waals surface area contributed by atoms with E-state index in [2.05, 4.69) is 9.80 Å². The van der Waals surface area contributed by atoms with Gasteiger partial charge in [-0.2, -0.15) is 0 Å². The van der Waals surface area contributed by atoms with Crippen LogP contribution in [0.3, 0.4) is 0 Å². The summed E-state index contributed by atoms with van der Waals surface area (Å²) in [6.45, 7) is 5.57. The third kappa shape index (κ3) is 4.07. The Bertz CT molecular complexity index is 1200. The lowest BCUT2D eigenvalue weighted by Gasteiger charge is -2.36. The zero-order chi connectivity index (χ0) is 20.6. The maximum Gasteiger partial charge on any atom is 0.270 e.